The van der Waals surface area contributed by atoms with Crippen LogP contribution in [0.4, 0.5) is 0 Å². The minimum absolute atomic E-state index is 0.333. The van der Waals surface area contributed by atoms with Crippen LogP contribution in [0.3, 0.4) is 0 Å². The Kier molecular flexibility index (Phi) is 3.84. The number of rotatable bonds is 3. The van der Waals surface area contributed by atoms with Gasteiger partial charge in [-0.25, -0.2) is 4.98 Å². The molecule has 1 aromatic heterocycles. The number of aldehydes is 1. The lowest BCUT2D eigenvalue weighted by molar-refractivity contribution is 0.112. The third-order valence-electron chi connectivity index (χ3n) is 2.31. The summed E-state index contributed by atoms with van der Waals surface area (Å²) in [6, 6.07) is 6.79. The Hall–Kier alpha value is -1.58. The maximum atomic E-state index is 10.6. The van der Waals surface area contributed by atoms with Crippen LogP contribution < -0.4 is 4.74 Å². The number of carbonyl (C=O) groups excluding carboxylic acids is 1. The van der Waals surface area contributed by atoms with Gasteiger partial charge in [0.1, 0.15) is 10.8 Å². The molecule has 18 heavy (non-hydrogen) atoms. The van der Waals surface area contributed by atoms with E-state index in [4.69, 9.17) is 27.9 Å². The maximum absolute atomic E-state index is 10.6. The van der Waals surface area contributed by atoms with E-state index in [1.807, 2.05) is 0 Å². The molecule has 92 valence electrons. The van der Waals surface area contributed by atoms with Crippen LogP contribution >= 0.6 is 23.2 Å². The molecule has 0 aliphatic rings. The molecule has 1 aromatic carbocycles. The second-order valence-corrected chi connectivity index (χ2v) is 4.45. The molecule has 3 nitrogen and oxygen atoms in total. The summed E-state index contributed by atoms with van der Waals surface area (Å²) in [5.74, 6) is 0.823. The van der Waals surface area contributed by atoms with Gasteiger partial charge in [-0.15, -0.1) is 0 Å². The second-order valence-electron chi connectivity index (χ2n) is 3.66. The minimum Gasteiger partial charge on any atom is -0.437 e. The van der Waals surface area contributed by atoms with Gasteiger partial charge in [0.2, 0.25) is 5.88 Å². The van der Waals surface area contributed by atoms with Crippen molar-refractivity contribution in [2.75, 3.05) is 0 Å². The molecule has 0 unspecified atom stereocenters. The first-order valence-corrected chi connectivity index (χ1v) is 5.91. The highest BCUT2D eigenvalue weighted by molar-refractivity contribution is 6.42. The third-order valence-corrected chi connectivity index (χ3v) is 3.11. The summed E-state index contributed by atoms with van der Waals surface area (Å²) in [7, 11) is 0. The number of halogens is 2. The van der Waals surface area contributed by atoms with Crippen molar-refractivity contribution in [3.05, 3.63) is 51.6 Å². The number of pyridine rings is 1. The van der Waals surface area contributed by atoms with Crippen molar-refractivity contribution in [3.63, 3.8) is 0 Å². The largest absolute Gasteiger partial charge is 0.437 e. The number of hydrogen-bond donors (Lipinski definition) is 0. The molecule has 0 amide bonds. The topological polar surface area (TPSA) is 39.2 Å². The first-order chi connectivity index (χ1) is 8.61. The lowest BCUT2D eigenvalue weighted by Crippen LogP contribution is -1.94. The van der Waals surface area contributed by atoms with Crippen molar-refractivity contribution in [1.29, 1.82) is 0 Å². The molecule has 0 aliphatic heterocycles. The summed E-state index contributed by atoms with van der Waals surface area (Å²) < 4.78 is 5.58. The van der Waals surface area contributed by atoms with Crippen molar-refractivity contribution in [2.24, 2.45) is 0 Å². The molecule has 2 rings (SSSR count). The van der Waals surface area contributed by atoms with Crippen LogP contribution in [0.2, 0.25) is 10.0 Å². The average Bonchev–Trinajstić information content (AvgIpc) is 2.37. The van der Waals surface area contributed by atoms with Gasteiger partial charge in [0, 0.05) is 17.3 Å². The molecule has 0 radical (unpaired) electrons. The van der Waals surface area contributed by atoms with E-state index in [2.05, 4.69) is 4.98 Å². The van der Waals surface area contributed by atoms with Crippen LogP contribution in [0.1, 0.15) is 15.9 Å². The number of aromatic nitrogens is 1. The number of ether oxygens (including phenoxy) is 1. The molecule has 0 N–H and O–H groups in total. The number of carbonyl (C=O) groups is 1. The van der Waals surface area contributed by atoms with Crippen LogP contribution in [0, 0.1) is 6.92 Å². The smallest absolute Gasteiger partial charge is 0.222 e. The fourth-order valence-corrected chi connectivity index (χ4v) is 1.75. The van der Waals surface area contributed by atoms with Gasteiger partial charge < -0.3 is 4.74 Å². The fourth-order valence-electron chi connectivity index (χ4n) is 1.42. The van der Waals surface area contributed by atoms with Crippen molar-refractivity contribution in [3.8, 4) is 11.6 Å². The molecule has 0 bridgehead atoms. The van der Waals surface area contributed by atoms with E-state index >= 15 is 0 Å². The Morgan fingerprint density at radius 2 is 2.11 bits per heavy atom. The summed E-state index contributed by atoms with van der Waals surface area (Å²) in [5.41, 5.74) is 1.24. The number of benzene rings is 1. The van der Waals surface area contributed by atoms with E-state index in [9.17, 15) is 4.79 Å². The molecule has 5 heteroatoms. The molecule has 0 spiro atoms. The standard InChI is InChI=1S/C13H9Cl2NO2/c1-8-5-9(7-17)6-16-13(8)18-11-4-2-3-10(14)12(11)15/h2-7H,1H3. The average molecular weight is 282 g/mol. The molecule has 0 saturated carbocycles. The third kappa shape index (κ3) is 2.63. The van der Waals surface area contributed by atoms with Gasteiger partial charge in [-0.05, 0) is 25.1 Å². The van der Waals surface area contributed by atoms with E-state index in [1.54, 1.807) is 31.2 Å². The lowest BCUT2D eigenvalue weighted by Gasteiger charge is -2.09. The molecule has 0 saturated heterocycles. The van der Waals surface area contributed by atoms with Gasteiger partial charge in [-0.1, -0.05) is 29.3 Å². The van der Waals surface area contributed by atoms with Gasteiger partial charge >= 0.3 is 0 Å². The zero-order valence-electron chi connectivity index (χ0n) is 9.48. The van der Waals surface area contributed by atoms with Gasteiger partial charge in [0.05, 0.1) is 5.02 Å². The first kappa shape index (κ1) is 12.9. The number of nitrogens with zero attached hydrogens (tertiary/aromatic N) is 1. The normalized spacial score (nSPS) is 10.2. The van der Waals surface area contributed by atoms with Crippen molar-refractivity contribution >= 4 is 29.5 Å². The zero-order chi connectivity index (χ0) is 13.1. The predicted octanol–water partition coefficient (Wildman–Crippen LogP) is 4.30. The Bertz CT molecular complexity index is 600. The highest BCUT2D eigenvalue weighted by Crippen LogP contribution is 2.34. The Balaban J connectivity index is 2.34. The summed E-state index contributed by atoms with van der Waals surface area (Å²) in [5, 5.41) is 0.746. The van der Waals surface area contributed by atoms with Crippen LogP contribution in [-0.2, 0) is 0 Å². The number of hydrogen-bond acceptors (Lipinski definition) is 3. The fraction of sp³-hybridized carbons (Fsp3) is 0.0769. The summed E-state index contributed by atoms with van der Waals surface area (Å²) in [6.07, 6.45) is 2.17. The maximum Gasteiger partial charge on any atom is 0.222 e. The molecule has 0 atom stereocenters. The van der Waals surface area contributed by atoms with Crippen molar-refractivity contribution in [1.82, 2.24) is 4.98 Å². The molecule has 0 aliphatic carbocycles. The van der Waals surface area contributed by atoms with Crippen LogP contribution in [0.15, 0.2) is 30.5 Å². The minimum atomic E-state index is 0.333. The summed E-state index contributed by atoms with van der Waals surface area (Å²) in [6.45, 7) is 1.80. The van der Waals surface area contributed by atoms with Crippen LogP contribution in [-0.4, -0.2) is 11.3 Å². The number of aryl methyl sites for hydroxylation is 1. The van der Waals surface area contributed by atoms with E-state index in [0.29, 0.717) is 27.2 Å². The molecule has 0 fully saturated rings. The Morgan fingerprint density at radius 1 is 1.33 bits per heavy atom. The van der Waals surface area contributed by atoms with E-state index in [1.165, 1.54) is 6.20 Å². The molecule has 2 aromatic rings. The lowest BCUT2D eigenvalue weighted by atomic mass is 10.2. The van der Waals surface area contributed by atoms with E-state index < -0.39 is 0 Å². The highest BCUT2D eigenvalue weighted by Gasteiger charge is 2.09. The van der Waals surface area contributed by atoms with Gasteiger partial charge in [0.25, 0.3) is 0 Å². The van der Waals surface area contributed by atoms with Crippen molar-refractivity contribution in [2.45, 2.75) is 6.92 Å². The van der Waals surface area contributed by atoms with E-state index in [-0.39, 0.29) is 0 Å². The SMILES string of the molecule is Cc1cc(C=O)cnc1Oc1cccc(Cl)c1Cl. The molecular formula is C13H9Cl2NO2. The van der Waals surface area contributed by atoms with E-state index in [0.717, 1.165) is 11.8 Å². The Morgan fingerprint density at radius 3 is 2.78 bits per heavy atom. The van der Waals surface area contributed by atoms with Gasteiger partial charge in [-0.2, -0.15) is 0 Å². The summed E-state index contributed by atoms with van der Waals surface area (Å²) >= 11 is 11.9. The zero-order valence-corrected chi connectivity index (χ0v) is 11.0. The van der Waals surface area contributed by atoms with Crippen molar-refractivity contribution < 1.29 is 9.53 Å². The van der Waals surface area contributed by atoms with Gasteiger partial charge in [0.15, 0.2) is 6.29 Å². The molecule has 1 heterocycles. The summed E-state index contributed by atoms with van der Waals surface area (Å²) in [4.78, 5) is 14.7. The first-order valence-electron chi connectivity index (χ1n) is 5.15. The van der Waals surface area contributed by atoms with Crippen LogP contribution in [0.25, 0.3) is 0 Å². The highest BCUT2D eigenvalue weighted by atomic mass is 35.5. The van der Waals surface area contributed by atoms with Crippen LogP contribution in [0.5, 0.6) is 11.6 Å². The molecular weight excluding hydrogens is 273 g/mol. The Labute approximate surface area is 114 Å². The monoisotopic (exact) mass is 281 g/mol. The van der Waals surface area contributed by atoms with Gasteiger partial charge in [-0.3, -0.25) is 4.79 Å². The second kappa shape index (κ2) is 5.38. The quantitative estimate of drug-likeness (QED) is 0.788. The predicted molar refractivity (Wildman–Crippen MR) is 70.9 cm³/mol.